The normalized spacial score (nSPS) is 18.2. The molecule has 1 atom stereocenters. The third-order valence-corrected chi connectivity index (χ3v) is 6.79. The minimum atomic E-state index is -0.521. The Hall–Kier alpha value is -4.26. The van der Waals surface area contributed by atoms with E-state index in [9.17, 15) is 9.18 Å². The number of benzene rings is 3. The molecule has 0 saturated carbocycles. The molecule has 6 rings (SSSR count). The maximum absolute atomic E-state index is 13.7. The van der Waals surface area contributed by atoms with Crippen LogP contribution in [0.25, 0.3) is 5.70 Å². The van der Waals surface area contributed by atoms with Crippen molar-refractivity contribution in [2.45, 2.75) is 32.7 Å². The Labute approximate surface area is 209 Å². The summed E-state index contributed by atoms with van der Waals surface area (Å²) < 4.78 is 19.1. The average Bonchev–Trinajstić information content (AvgIpc) is 3.28. The highest BCUT2D eigenvalue weighted by atomic mass is 19.1. The summed E-state index contributed by atoms with van der Waals surface area (Å²) in [5.74, 6) is -0.215. The van der Waals surface area contributed by atoms with E-state index in [1.54, 1.807) is 24.1 Å². The van der Waals surface area contributed by atoms with Gasteiger partial charge in [0.25, 0.3) is 0 Å². The van der Waals surface area contributed by atoms with Crippen LogP contribution < -0.4 is 5.01 Å². The molecule has 36 heavy (non-hydrogen) atoms. The fourth-order valence-corrected chi connectivity index (χ4v) is 5.10. The number of hydrogen-bond acceptors (Lipinski definition) is 6. The number of ether oxygens (including phenoxy) is 1. The van der Waals surface area contributed by atoms with E-state index in [-0.39, 0.29) is 24.3 Å². The van der Waals surface area contributed by atoms with Gasteiger partial charge in [-0.05, 0) is 67.7 Å². The molecule has 0 amide bonds. The monoisotopic (exact) mass is 480 g/mol. The molecule has 180 valence electrons. The summed E-state index contributed by atoms with van der Waals surface area (Å²) in [4.78, 5) is 20.1. The molecule has 3 aliphatic rings. The Morgan fingerprint density at radius 1 is 1.03 bits per heavy atom. The van der Waals surface area contributed by atoms with Gasteiger partial charge in [-0.3, -0.25) is 4.90 Å². The van der Waals surface area contributed by atoms with Gasteiger partial charge in [-0.1, -0.05) is 54.1 Å². The first-order valence-electron chi connectivity index (χ1n) is 12.1. The van der Waals surface area contributed by atoms with Gasteiger partial charge in [-0.2, -0.15) is 5.01 Å². The summed E-state index contributed by atoms with van der Waals surface area (Å²) >= 11 is 0. The summed E-state index contributed by atoms with van der Waals surface area (Å²) in [5, 5.41) is 6.28. The van der Waals surface area contributed by atoms with Crippen molar-refractivity contribution < 1.29 is 13.9 Å². The van der Waals surface area contributed by atoms with Crippen molar-refractivity contribution >= 4 is 29.1 Å². The van der Waals surface area contributed by atoms with Crippen LogP contribution in [0.2, 0.25) is 0 Å². The van der Waals surface area contributed by atoms with Gasteiger partial charge in [-0.25, -0.2) is 14.2 Å². The van der Waals surface area contributed by atoms with E-state index in [0.717, 1.165) is 40.8 Å². The topological polar surface area (TPSA) is 57.5 Å². The fourth-order valence-electron chi connectivity index (χ4n) is 5.10. The number of aliphatic imine (C=N–C) groups is 1. The third-order valence-electron chi connectivity index (χ3n) is 6.79. The molecule has 0 radical (unpaired) electrons. The third kappa shape index (κ3) is 3.59. The van der Waals surface area contributed by atoms with Gasteiger partial charge in [0, 0.05) is 5.56 Å². The highest BCUT2D eigenvalue weighted by molar-refractivity contribution is 6.41. The molecule has 1 unspecified atom stereocenters. The maximum Gasteiger partial charge on any atom is 0.376 e. The zero-order chi connectivity index (χ0) is 24.8. The van der Waals surface area contributed by atoms with Gasteiger partial charge in [-0.15, -0.1) is 5.10 Å². The van der Waals surface area contributed by atoms with Crippen molar-refractivity contribution in [3.05, 3.63) is 106 Å². The lowest BCUT2D eigenvalue weighted by Gasteiger charge is -2.39. The first-order chi connectivity index (χ1) is 17.5. The number of fused-ring (bicyclic) bond motifs is 3. The number of hydrazone groups is 1. The number of hydrogen-bond donors (Lipinski definition) is 0. The molecule has 0 N–H and O–H groups in total. The smallest absolute Gasteiger partial charge is 0.376 e. The lowest BCUT2D eigenvalue weighted by Crippen LogP contribution is -2.46. The molecule has 0 spiro atoms. The number of nitrogens with zero attached hydrogens (tertiary/aromatic N) is 4. The summed E-state index contributed by atoms with van der Waals surface area (Å²) in [5.41, 5.74) is 7.18. The summed E-state index contributed by atoms with van der Waals surface area (Å²) in [6.45, 7) is 4.05. The van der Waals surface area contributed by atoms with Crippen molar-refractivity contribution in [3.8, 4) is 0 Å². The fraction of sp³-hybridized carbons (Fsp3) is 0.207. The predicted octanol–water partition coefficient (Wildman–Crippen LogP) is 5.60. The zero-order valence-electron chi connectivity index (χ0n) is 20.1. The summed E-state index contributed by atoms with van der Waals surface area (Å²) in [7, 11) is 0. The second-order valence-corrected chi connectivity index (χ2v) is 9.06. The Kier molecular flexibility index (Phi) is 5.40. The van der Waals surface area contributed by atoms with Crippen molar-refractivity contribution in [1.82, 2.24) is 4.90 Å². The molecule has 0 bridgehead atoms. The van der Waals surface area contributed by atoms with Gasteiger partial charge in [0.05, 0.1) is 24.0 Å². The number of halogens is 1. The summed E-state index contributed by atoms with van der Waals surface area (Å²) in [6.07, 6.45) is 1.70. The van der Waals surface area contributed by atoms with E-state index < -0.39 is 5.97 Å². The Morgan fingerprint density at radius 2 is 1.78 bits per heavy atom. The lowest BCUT2D eigenvalue weighted by atomic mass is 9.82. The van der Waals surface area contributed by atoms with Crippen LogP contribution >= 0.6 is 0 Å². The number of carbonyl (C=O) groups is 1. The van der Waals surface area contributed by atoms with Gasteiger partial charge in [0.2, 0.25) is 11.8 Å². The SMILES string of the molecule is CCOC(=O)C1=NN(c2ccc(F)cc2)C2=NC3=C(CCc4ccccc43)C(c3ccc(C)cc3)N12. The quantitative estimate of drug-likeness (QED) is 0.456. The molecule has 0 fully saturated rings. The molecule has 2 heterocycles. The largest absolute Gasteiger partial charge is 0.460 e. The van der Waals surface area contributed by atoms with Gasteiger partial charge >= 0.3 is 5.97 Å². The second kappa shape index (κ2) is 8.75. The number of anilines is 1. The number of amidine groups is 1. The van der Waals surface area contributed by atoms with Crippen molar-refractivity contribution in [3.63, 3.8) is 0 Å². The predicted molar refractivity (Wildman–Crippen MR) is 138 cm³/mol. The molecule has 3 aromatic carbocycles. The molecule has 1 aliphatic carbocycles. The average molecular weight is 481 g/mol. The molecule has 0 saturated heterocycles. The van der Waals surface area contributed by atoms with Gasteiger partial charge in [0.15, 0.2) is 0 Å². The van der Waals surface area contributed by atoms with E-state index in [0.29, 0.717) is 11.6 Å². The second-order valence-electron chi connectivity index (χ2n) is 9.06. The zero-order valence-corrected chi connectivity index (χ0v) is 20.1. The van der Waals surface area contributed by atoms with Crippen LogP contribution in [-0.4, -0.2) is 29.3 Å². The Morgan fingerprint density at radius 3 is 2.53 bits per heavy atom. The number of carbonyl (C=O) groups excluding carboxylic acids is 1. The number of guanidine groups is 1. The number of aryl methyl sites for hydroxylation is 2. The Bertz CT molecular complexity index is 1440. The number of rotatable bonds is 4. The molecule has 7 heteroatoms. The first kappa shape index (κ1) is 22.2. The minimum absolute atomic E-state index is 0.163. The first-order valence-corrected chi connectivity index (χ1v) is 12.1. The molecule has 2 aliphatic heterocycles. The van der Waals surface area contributed by atoms with Crippen LogP contribution in [0.4, 0.5) is 10.1 Å². The van der Waals surface area contributed by atoms with E-state index in [4.69, 9.17) is 9.73 Å². The minimum Gasteiger partial charge on any atom is -0.460 e. The van der Waals surface area contributed by atoms with E-state index in [2.05, 4.69) is 48.4 Å². The maximum atomic E-state index is 13.7. The molecule has 0 aromatic heterocycles. The van der Waals surface area contributed by atoms with Crippen LogP contribution in [-0.2, 0) is 16.0 Å². The Balaban J connectivity index is 1.58. The number of esters is 1. The van der Waals surface area contributed by atoms with Crippen molar-refractivity contribution in [2.75, 3.05) is 11.6 Å². The van der Waals surface area contributed by atoms with Gasteiger partial charge in [0.1, 0.15) is 5.82 Å². The summed E-state index contributed by atoms with van der Waals surface area (Å²) in [6, 6.07) is 22.4. The van der Waals surface area contributed by atoms with Crippen LogP contribution in [0.5, 0.6) is 0 Å². The van der Waals surface area contributed by atoms with E-state index in [1.165, 1.54) is 17.7 Å². The van der Waals surface area contributed by atoms with Gasteiger partial charge < -0.3 is 4.74 Å². The van der Waals surface area contributed by atoms with E-state index in [1.807, 2.05) is 17.0 Å². The molecular formula is C29H25FN4O2. The van der Waals surface area contributed by atoms with Crippen molar-refractivity contribution in [2.24, 2.45) is 10.1 Å². The van der Waals surface area contributed by atoms with E-state index >= 15 is 0 Å². The molecule has 3 aromatic rings. The van der Waals surface area contributed by atoms with Crippen LogP contribution in [0, 0.1) is 12.7 Å². The highest BCUT2D eigenvalue weighted by Crippen LogP contribution is 2.46. The highest BCUT2D eigenvalue weighted by Gasteiger charge is 2.46. The molecule has 6 nitrogen and oxygen atoms in total. The van der Waals surface area contributed by atoms with Crippen LogP contribution in [0.15, 0.2) is 88.5 Å². The van der Waals surface area contributed by atoms with Crippen LogP contribution in [0.1, 0.15) is 41.6 Å². The van der Waals surface area contributed by atoms with Crippen molar-refractivity contribution in [1.29, 1.82) is 0 Å². The molecular weight excluding hydrogens is 455 g/mol. The standard InChI is InChI=1S/C29H25FN4O2/c1-3-36-28(35)27-32-34(22-15-13-21(30)14-16-22)29-31-25-23-7-5-4-6-19(23)12-17-24(25)26(33(27)29)20-10-8-18(2)9-11-20/h4-11,13-16,26H,3,12,17H2,1-2H3. The lowest BCUT2D eigenvalue weighted by molar-refractivity contribution is -0.135. The van der Waals surface area contributed by atoms with Crippen LogP contribution in [0.3, 0.4) is 0 Å².